The number of carbonyl (C=O) groups is 5. The van der Waals surface area contributed by atoms with Crippen molar-refractivity contribution in [3.63, 3.8) is 0 Å². The minimum absolute atomic E-state index is 0.0248. The molecular formula is C24H30N8O6. The summed E-state index contributed by atoms with van der Waals surface area (Å²) in [6.07, 6.45) is 4.42. The van der Waals surface area contributed by atoms with Gasteiger partial charge in [-0.2, -0.15) is 0 Å². The zero-order valence-electron chi connectivity index (χ0n) is 20.4. The van der Waals surface area contributed by atoms with E-state index in [2.05, 4.69) is 30.9 Å². The average Bonchev–Trinajstić information content (AvgIpc) is 3.54. The van der Waals surface area contributed by atoms with Crippen molar-refractivity contribution in [1.29, 1.82) is 0 Å². The number of hydrogen-bond donors (Lipinski definition) is 8. The fraction of sp³-hybridized carbons (Fsp3) is 0.333. The van der Waals surface area contributed by atoms with Gasteiger partial charge in [0, 0.05) is 48.3 Å². The number of benzene rings is 1. The fourth-order valence-corrected chi connectivity index (χ4v) is 3.82. The molecule has 0 radical (unpaired) electrons. The average molecular weight is 527 g/mol. The van der Waals surface area contributed by atoms with E-state index in [-0.39, 0.29) is 25.7 Å². The van der Waals surface area contributed by atoms with E-state index in [1.807, 2.05) is 24.3 Å². The van der Waals surface area contributed by atoms with Crippen molar-refractivity contribution >= 4 is 40.5 Å². The molecule has 4 amide bonds. The Hall–Kier alpha value is -4.72. The van der Waals surface area contributed by atoms with Crippen LogP contribution < -0.4 is 27.4 Å². The molecule has 0 aliphatic carbocycles. The summed E-state index contributed by atoms with van der Waals surface area (Å²) in [6, 6.07) is 3.83. The highest BCUT2D eigenvalue weighted by molar-refractivity contribution is 5.93. The van der Waals surface area contributed by atoms with E-state index < -0.39 is 54.3 Å². The Labute approximate surface area is 216 Å². The summed E-state index contributed by atoms with van der Waals surface area (Å²) < 4.78 is 0. The molecule has 0 bridgehead atoms. The molecule has 38 heavy (non-hydrogen) atoms. The first-order valence-corrected chi connectivity index (χ1v) is 11.8. The summed E-state index contributed by atoms with van der Waals surface area (Å²) in [7, 11) is 0. The molecule has 3 unspecified atom stereocenters. The molecule has 0 aliphatic heterocycles. The first kappa shape index (κ1) is 27.9. The van der Waals surface area contributed by atoms with Crippen LogP contribution in [0.1, 0.15) is 24.1 Å². The molecule has 14 heteroatoms. The number of carboxylic acids is 1. The van der Waals surface area contributed by atoms with Crippen LogP contribution in [0.4, 0.5) is 0 Å². The molecule has 3 rings (SSSR count). The highest BCUT2D eigenvalue weighted by atomic mass is 16.4. The van der Waals surface area contributed by atoms with Crippen LogP contribution in [-0.2, 0) is 36.8 Å². The van der Waals surface area contributed by atoms with Gasteiger partial charge in [-0.25, -0.2) is 9.78 Å². The van der Waals surface area contributed by atoms with Crippen LogP contribution in [0.3, 0.4) is 0 Å². The summed E-state index contributed by atoms with van der Waals surface area (Å²) in [5.74, 6) is -4.10. The van der Waals surface area contributed by atoms with Gasteiger partial charge in [0.25, 0.3) is 0 Å². The summed E-state index contributed by atoms with van der Waals surface area (Å²) in [5.41, 5.74) is 13.1. The predicted molar refractivity (Wildman–Crippen MR) is 135 cm³/mol. The van der Waals surface area contributed by atoms with E-state index in [9.17, 15) is 29.1 Å². The molecule has 0 saturated heterocycles. The smallest absolute Gasteiger partial charge is 0.326 e. The minimum Gasteiger partial charge on any atom is -0.480 e. The van der Waals surface area contributed by atoms with Crippen LogP contribution in [-0.4, -0.2) is 74.3 Å². The Morgan fingerprint density at radius 2 is 1.76 bits per heavy atom. The second-order valence-electron chi connectivity index (χ2n) is 8.69. The summed E-state index contributed by atoms with van der Waals surface area (Å²) in [4.78, 5) is 70.6. The van der Waals surface area contributed by atoms with Crippen LogP contribution in [0, 0.1) is 0 Å². The lowest BCUT2D eigenvalue weighted by Gasteiger charge is -2.21. The third-order valence-corrected chi connectivity index (χ3v) is 5.80. The third-order valence-electron chi connectivity index (χ3n) is 5.80. The molecule has 14 nitrogen and oxygen atoms in total. The quantitative estimate of drug-likeness (QED) is 0.122. The normalized spacial score (nSPS) is 13.3. The second-order valence-corrected chi connectivity index (χ2v) is 8.69. The molecular weight excluding hydrogens is 496 g/mol. The number of nitrogens with two attached hydrogens (primary N) is 2. The van der Waals surface area contributed by atoms with Crippen LogP contribution >= 0.6 is 0 Å². The maximum Gasteiger partial charge on any atom is 0.326 e. The number of carboxylic acid groups (broad SMARTS) is 1. The first-order chi connectivity index (χ1) is 18.1. The second kappa shape index (κ2) is 13.0. The van der Waals surface area contributed by atoms with Crippen molar-refractivity contribution in [3.8, 4) is 0 Å². The standard InChI is InChI=1S/C24H30N8O6/c25-16(8-14-10-27-12-30-14)22(35)29-11-21(34)31-19(7-13-9-28-17-4-2-1-3-15(13)17)23(36)32-18(24(37)38)5-6-20(26)33/h1-4,9-10,12,16,18-19,28H,5-8,11,25H2,(H2,26,33)(H,27,30)(H,29,35)(H,31,34)(H,32,36)(H,37,38). The SMILES string of the molecule is NC(=O)CCC(NC(=O)C(Cc1c[nH]c2ccccc12)NC(=O)CNC(=O)C(N)Cc1cnc[nH]1)C(=O)O. The molecule has 10 N–H and O–H groups in total. The Morgan fingerprint density at radius 1 is 1.00 bits per heavy atom. The molecule has 1 aromatic carbocycles. The van der Waals surface area contributed by atoms with Crippen LogP contribution in [0.25, 0.3) is 10.9 Å². The number of aromatic amines is 2. The van der Waals surface area contributed by atoms with Crippen molar-refractivity contribution in [1.82, 2.24) is 30.9 Å². The van der Waals surface area contributed by atoms with Crippen LogP contribution in [0.2, 0.25) is 0 Å². The Kier molecular flexibility index (Phi) is 9.54. The molecule has 0 aliphatic rings. The van der Waals surface area contributed by atoms with Crippen molar-refractivity contribution < 1.29 is 29.1 Å². The number of nitrogens with one attached hydrogen (secondary N) is 5. The molecule has 0 fully saturated rings. The highest BCUT2D eigenvalue weighted by Crippen LogP contribution is 2.19. The van der Waals surface area contributed by atoms with Crippen LogP contribution in [0.15, 0.2) is 43.0 Å². The Morgan fingerprint density at radius 3 is 2.45 bits per heavy atom. The number of aliphatic carboxylic acids is 1. The predicted octanol–water partition coefficient (Wildman–Crippen LogP) is -1.56. The molecule has 2 aromatic heterocycles. The zero-order chi connectivity index (χ0) is 27.7. The molecule has 3 atom stereocenters. The van der Waals surface area contributed by atoms with Gasteiger partial charge in [0.15, 0.2) is 0 Å². The van der Waals surface area contributed by atoms with Crippen molar-refractivity contribution in [3.05, 3.63) is 54.2 Å². The van der Waals surface area contributed by atoms with E-state index in [1.54, 1.807) is 6.20 Å². The molecule has 0 saturated carbocycles. The van der Waals surface area contributed by atoms with Gasteiger partial charge in [-0.05, 0) is 18.1 Å². The van der Waals surface area contributed by atoms with Crippen LogP contribution in [0.5, 0.6) is 0 Å². The monoisotopic (exact) mass is 526 g/mol. The Bertz CT molecular complexity index is 1290. The lowest BCUT2D eigenvalue weighted by molar-refractivity contribution is -0.142. The van der Waals surface area contributed by atoms with E-state index in [0.29, 0.717) is 11.3 Å². The van der Waals surface area contributed by atoms with E-state index in [4.69, 9.17) is 11.5 Å². The summed E-state index contributed by atoms with van der Waals surface area (Å²) in [5, 5.41) is 17.6. The number of aromatic nitrogens is 3. The lowest BCUT2D eigenvalue weighted by Crippen LogP contribution is -2.54. The Balaban J connectivity index is 1.68. The number of fused-ring (bicyclic) bond motifs is 1. The number of para-hydroxylation sites is 1. The highest BCUT2D eigenvalue weighted by Gasteiger charge is 2.28. The topological polar surface area (TPSA) is 238 Å². The largest absolute Gasteiger partial charge is 0.480 e. The number of amides is 4. The number of rotatable bonds is 14. The number of nitrogens with zero attached hydrogens (tertiary/aromatic N) is 1. The van der Waals surface area contributed by atoms with E-state index in [1.165, 1.54) is 12.5 Å². The molecule has 3 aromatic rings. The van der Waals surface area contributed by atoms with Crippen molar-refractivity contribution in [2.45, 2.75) is 43.8 Å². The van der Waals surface area contributed by atoms with Crippen molar-refractivity contribution in [2.75, 3.05) is 6.54 Å². The van der Waals surface area contributed by atoms with Gasteiger partial charge >= 0.3 is 5.97 Å². The molecule has 2 heterocycles. The fourth-order valence-electron chi connectivity index (χ4n) is 3.82. The van der Waals surface area contributed by atoms with Gasteiger partial charge in [-0.3, -0.25) is 19.2 Å². The number of hydrogen-bond acceptors (Lipinski definition) is 7. The van der Waals surface area contributed by atoms with Gasteiger partial charge in [0.1, 0.15) is 12.1 Å². The number of carbonyl (C=O) groups excluding carboxylic acids is 4. The number of primary amides is 1. The van der Waals surface area contributed by atoms with Crippen molar-refractivity contribution in [2.24, 2.45) is 11.5 Å². The van der Waals surface area contributed by atoms with Gasteiger partial charge in [0.05, 0.1) is 18.9 Å². The van der Waals surface area contributed by atoms with Gasteiger partial charge in [-0.15, -0.1) is 0 Å². The first-order valence-electron chi connectivity index (χ1n) is 11.8. The molecule has 202 valence electrons. The number of H-pyrrole nitrogens is 2. The lowest BCUT2D eigenvalue weighted by atomic mass is 10.0. The van der Waals surface area contributed by atoms with Gasteiger partial charge < -0.3 is 42.5 Å². The van der Waals surface area contributed by atoms with Gasteiger partial charge in [-0.1, -0.05) is 18.2 Å². The number of imidazole rings is 1. The minimum atomic E-state index is -1.39. The summed E-state index contributed by atoms with van der Waals surface area (Å²) in [6.45, 7) is -0.461. The maximum absolute atomic E-state index is 13.1. The van der Waals surface area contributed by atoms with Gasteiger partial charge in [0.2, 0.25) is 23.6 Å². The third kappa shape index (κ3) is 7.89. The maximum atomic E-state index is 13.1. The van der Waals surface area contributed by atoms with E-state index in [0.717, 1.165) is 10.9 Å². The zero-order valence-corrected chi connectivity index (χ0v) is 20.4. The molecule has 0 spiro atoms. The van der Waals surface area contributed by atoms with E-state index >= 15 is 0 Å². The summed E-state index contributed by atoms with van der Waals surface area (Å²) >= 11 is 0.